The monoisotopic (exact) mass is 375 g/mol. The highest BCUT2D eigenvalue weighted by molar-refractivity contribution is 7.89. The number of hydrogen-bond acceptors (Lipinski definition) is 7. The smallest absolute Gasteiger partial charge is 0.279 e. The lowest BCUT2D eigenvalue weighted by Crippen LogP contribution is -2.29. The number of nitrogen functional groups attached to an aromatic ring is 1. The van der Waals surface area contributed by atoms with Crippen LogP contribution in [-0.2, 0) is 19.6 Å². The summed E-state index contributed by atoms with van der Waals surface area (Å²) in [7, 11) is -3.83. The van der Waals surface area contributed by atoms with Gasteiger partial charge in [0.15, 0.2) is 11.5 Å². The Hall–Kier alpha value is -3.24. The second-order valence-electron chi connectivity index (χ2n) is 5.24. The van der Waals surface area contributed by atoms with Gasteiger partial charge in [-0.2, -0.15) is 5.10 Å². The van der Waals surface area contributed by atoms with E-state index in [1.165, 1.54) is 31.2 Å². The van der Waals surface area contributed by atoms with Gasteiger partial charge in [-0.1, -0.05) is 12.1 Å². The molecule has 0 radical (unpaired) electrons. The maximum Gasteiger partial charge on any atom is 0.279 e. The van der Waals surface area contributed by atoms with Crippen LogP contribution in [0.3, 0.4) is 0 Å². The number of carbonyl (C=O) groups is 2. The molecule has 6 N–H and O–H groups in total. The second-order valence-corrected chi connectivity index (χ2v) is 6.80. The first kappa shape index (κ1) is 19.1. The number of nitrogens with zero attached hydrogens (tertiary/aromatic N) is 1. The molecule has 0 saturated carbocycles. The van der Waals surface area contributed by atoms with E-state index in [4.69, 9.17) is 10.9 Å². The SMILES string of the molecule is CC(=O)/C(=N/Nc1ccccc1N)C(=O)Nc1ccc(S(N)(=O)=O)cc1. The van der Waals surface area contributed by atoms with Gasteiger partial charge in [-0.3, -0.25) is 15.0 Å². The lowest BCUT2D eigenvalue weighted by Gasteiger charge is -2.08. The minimum absolute atomic E-state index is 0.0998. The Morgan fingerprint density at radius 1 is 1.04 bits per heavy atom. The maximum atomic E-state index is 12.3. The van der Waals surface area contributed by atoms with E-state index < -0.39 is 21.7 Å². The van der Waals surface area contributed by atoms with Gasteiger partial charge in [0.25, 0.3) is 5.91 Å². The second kappa shape index (κ2) is 7.76. The number of sulfonamides is 1. The molecule has 0 fully saturated rings. The number of primary sulfonamides is 1. The molecular formula is C16H17N5O4S. The van der Waals surface area contributed by atoms with Gasteiger partial charge in [-0.15, -0.1) is 0 Å². The van der Waals surface area contributed by atoms with Crippen LogP contribution in [0.1, 0.15) is 6.92 Å². The molecule has 2 aromatic carbocycles. The molecule has 0 saturated heterocycles. The third-order valence-electron chi connectivity index (χ3n) is 3.24. The molecule has 0 aliphatic rings. The third-order valence-corrected chi connectivity index (χ3v) is 4.17. The van der Waals surface area contributed by atoms with E-state index in [0.29, 0.717) is 11.4 Å². The summed E-state index contributed by atoms with van der Waals surface area (Å²) in [5.41, 5.74) is 9.08. The molecule has 136 valence electrons. The summed E-state index contributed by atoms with van der Waals surface area (Å²) >= 11 is 0. The summed E-state index contributed by atoms with van der Waals surface area (Å²) in [6, 6.07) is 11.9. The summed E-state index contributed by atoms with van der Waals surface area (Å²) < 4.78 is 22.4. The van der Waals surface area contributed by atoms with Gasteiger partial charge in [0.05, 0.1) is 16.3 Å². The van der Waals surface area contributed by atoms with Crippen molar-refractivity contribution < 1.29 is 18.0 Å². The fourth-order valence-corrected chi connectivity index (χ4v) is 2.44. The highest BCUT2D eigenvalue weighted by Crippen LogP contribution is 2.17. The largest absolute Gasteiger partial charge is 0.397 e. The van der Waals surface area contributed by atoms with Gasteiger partial charge in [0.1, 0.15) is 0 Å². The molecule has 0 heterocycles. The number of hydrogen-bond donors (Lipinski definition) is 4. The summed E-state index contributed by atoms with van der Waals surface area (Å²) in [5, 5.41) is 11.3. The minimum Gasteiger partial charge on any atom is -0.397 e. The van der Waals surface area contributed by atoms with Crippen LogP contribution in [0.4, 0.5) is 17.1 Å². The van der Waals surface area contributed by atoms with Crippen LogP contribution in [0, 0.1) is 0 Å². The highest BCUT2D eigenvalue weighted by Gasteiger charge is 2.18. The molecule has 0 aliphatic carbocycles. The Morgan fingerprint density at radius 3 is 2.19 bits per heavy atom. The number of anilines is 3. The van der Waals surface area contributed by atoms with E-state index in [9.17, 15) is 18.0 Å². The molecule has 9 nitrogen and oxygen atoms in total. The van der Waals surface area contributed by atoms with Crippen molar-refractivity contribution in [2.45, 2.75) is 11.8 Å². The first-order valence-corrected chi connectivity index (χ1v) is 8.86. The molecule has 10 heteroatoms. The van der Waals surface area contributed by atoms with E-state index in [2.05, 4.69) is 15.8 Å². The van der Waals surface area contributed by atoms with Gasteiger partial charge < -0.3 is 11.1 Å². The van der Waals surface area contributed by atoms with Crippen molar-refractivity contribution in [2.24, 2.45) is 10.2 Å². The predicted molar refractivity (Wildman–Crippen MR) is 99.0 cm³/mol. The Balaban J connectivity index is 2.17. The first-order valence-electron chi connectivity index (χ1n) is 7.32. The van der Waals surface area contributed by atoms with Crippen molar-refractivity contribution in [3.8, 4) is 0 Å². The van der Waals surface area contributed by atoms with Crippen molar-refractivity contribution in [1.82, 2.24) is 0 Å². The van der Waals surface area contributed by atoms with Crippen LogP contribution >= 0.6 is 0 Å². The lowest BCUT2D eigenvalue weighted by atomic mass is 10.2. The average Bonchev–Trinajstić information content (AvgIpc) is 2.56. The quantitative estimate of drug-likeness (QED) is 0.254. The molecule has 0 atom stereocenters. The number of nitrogens with one attached hydrogen (secondary N) is 2. The van der Waals surface area contributed by atoms with Crippen molar-refractivity contribution in [3.63, 3.8) is 0 Å². The number of benzene rings is 2. The summed E-state index contributed by atoms with van der Waals surface area (Å²) in [6.45, 7) is 1.19. The number of hydrazone groups is 1. The maximum absolute atomic E-state index is 12.3. The topological polar surface area (TPSA) is 157 Å². The van der Waals surface area contributed by atoms with Gasteiger partial charge in [0.2, 0.25) is 10.0 Å². The lowest BCUT2D eigenvalue weighted by molar-refractivity contribution is -0.114. The molecule has 2 aromatic rings. The number of rotatable bonds is 6. The van der Waals surface area contributed by atoms with E-state index in [1.807, 2.05) is 0 Å². The van der Waals surface area contributed by atoms with Crippen LogP contribution in [-0.4, -0.2) is 25.8 Å². The Kier molecular flexibility index (Phi) is 5.70. The summed E-state index contributed by atoms with van der Waals surface area (Å²) in [6.07, 6.45) is 0. The number of amides is 1. The fourth-order valence-electron chi connectivity index (χ4n) is 1.92. The predicted octanol–water partition coefficient (Wildman–Crippen LogP) is 0.912. The molecule has 0 aliphatic heterocycles. The van der Waals surface area contributed by atoms with E-state index in [-0.39, 0.29) is 16.3 Å². The Bertz CT molecular complexity index is 968. The summed E-state index contributed by atoms with van der Waals surface area (Å²) in [4.78, 5) is 23.9. The molecule has 0 unspecified atom stereocenters. The number of Topliss-reactive ketones (excluding diaryl/α,β-unsaturated/α-hetero) is 1. The Labute approximate surface area is 150 Å². The molecule has 0 bridgehead atoms. The standard InChI is InChI=1S/C16H17N5O4S/c1-10(22)15(21-20-14-5-3-2-4-13(14)17)16(23)19-11-6-8-12(9-7-11)26(18,24)25/h2-9,20H,17H2,1H3,(H,19,23)(H2,18,24,25)/b21-15-. The summed E-state index contributed by atoms with van der Waals surface area (Å²) in [5.74, 6) is -1.33. The molecule has 1 amide bonds. The zero-order valence-corrected chi connectivity index (χ0v) is 14.6. The van der Waals surface area contributed by atoms with Gasteiger partial charge in [-0.25, -0.2) is 13.6 Å². The number of nitrogens with two attached hydrogens (primary N) is 2. The van der Waals surface area contributed by atoms with Crippen LogP contribution in [0.15, 0.2) is 58.5 Å². The minimum atomic E-state index is -3.83. The van der Waals surface area contributed by atoms with Gasteiger partial charge in [-0.05, 0) is 36.4 Å². The van der Waals surface area contributed by atoms with Crippen molar-refractivity contribution >= 4 is 44.5 Å². The van der Waals surface area contributed by atoms with Crippen LogP contribution in [0.2, 0.25) is 0 Å². The molecule has 26 heavy (non-hydrogen) atoms. The van der Waals surface area contributed by atoms with Crippen molar-refractivity contribution in [1.29, 1.82) is 0 Å². The number of carbonyl (C=O) groups excluding carboxylic acids is 2. The Morgan fingerprint density at radius 2 is 1.65 bits per heavy atom. The molecule has 0 aromatic heterocycles. The highest BCUT2D eigenvalue weighted by atomic mass is 32.2. The van der Waals surface area contributed by atoms with Crippen LogP contribution < -0.4 is 21.6 Å². The zero-order valence-electron chi connectivity index (χ0n) is 13.8. The van der Waals surface area contributed by atoms with Crippen LogP contribution in [0.25, 0.3) is 0 Å². The molecule has 0 spiro atoms. The first-order chi connectivity index (χ1) is 12.2. The number of para-hydroxylation sites is 2. The number of ketones is 1. The van der Waals surface area contributed by atoms with Gasteiger partial charge in [0, 0.05) is 12.6 Å². The zero-order chi connectivity index (χ0) is 19.3. The normalized spacial score (nSPS) is 11.7. The molecular weight excluding hydrogens is 358 g/mol. The molecule has 2 rings (SSSR count). The van der Waals surface area contributed by atoms with Crippen molar-refractivity contribution in [2.75, 3.05) is 16.5 Å². The van der Waals surface area contributed by atoms with Crippen molar-refractivity contribution in [3.05, 3.63) is 48.5 Å². The average molecular weight is 375 g/mol. The van der Waals surface area contributed by atoms with Crippen LogP contribution in [0.5, 0.6) is 0 Å². The third kappa shape index (κ3) is 4.88. The van der Waals surface area contributed by atoms with E-state index in [1.54, 1.807) is 24.3 Å². The van der Waals surface area contributed by atoms with E-state index >= 15 is 0 Å². The van der Waals surface area contributed by atoms with E-state index in [0.717, 1.165) is 0 Å². The van der Waals surface area contributed by atoms with Gasteiger partial charge >= 0.3 is 0 Å². The fraction of sp³-hybridized carbons (Fsp3) is 0.0625.